The molecule has 2 aromatic rings. The van der Waals surface area contributed by atoms with Gasteiger partial charge in [0.1, 0.15) is 0 Å². The minimum atomic E-state index is -0.869. The first kappa shape index (κ1) is 13.5. The van der Waals surface area contributed by atoms with Gasteiger partial charge in [0, 0.05) is 22.6 Å². The molecule has 0 unspecified atom stereocenters. The summed E-state index contributed by atoms with van der Waals surface area (Å²) in [6, 6.07) is 5.47. The van der Waals surface area contributed by atoms with Gasteiger partial charge in [0.15, 0.2) is 5.16 Å². The van der Waals surface area contributed by atoms with Gasteiger partial charge in [0.25, 0.3) is 0 Å². The molecule has 1 aromatic heterocycles. The molecular weight excluding hydrogens is 340 g/mol. The number of hydrogen-bond donors (Lipinski definition) is 1. The molecule has 4 nitrogen and oxygen atoms in total. The van der Waals surface area contributed by atoms with Crippen LogP contribution >= 0.6 is 39.3 Å². The molecule has 0 radical (unpaired) electrons. The predicted octanol–water partition coefficient (Wildman–Crippen LogP) is 3.46. The molecule has 18 heavy (non-hydrogen) atoms. The van der Waals surface area contributed by atoms with E-state index < -0.39 is 5.97 Å². The van der Waals surface area contributed by atoms with E-state index in [0.29, 0.717) is 10.2 Å². The summed E-state index contributed by atoms with van der Waals surface area (Å²) in [6.07, 6.45) is 3.41. The summed E-state index contributed by atoms with van der Waals surface area (Å²) in [7, 11) is 0. The van der Waals surface area contributed by atoms with Gasteiger partial charge < -0.3 is 5.11 Å². The van der Waals surface area contributed by atoms with E-state index in [-0.39, 0.29) is 5.75 Å². The Morgan fingerprint density at radius 2 is 2.33 bits per heavy atom. The number of nitrogens with zero attached hydrogens (tertiary/aromatic N) is 2. The van der Waals surface area contributed by atoms with Crippen molar-refractivity contribution in [3.8, 4) is 5.69 Å². The number of thioether (sulfide) groups is 1. The van der Waals surface area contributed by atoms with Crippen LogP contribution in [0.25, 0.3) is 5.69 Å². The van der Waals surface area contributed by atoms with Gasteiger partial charge in [-0.1, -0.05) is 23.4 Å². The van der Waals surface area contributed by atoms with Crippen molar-refractivity contribution in [2.75, 3.05) is 5.75 Å². The number of hydrogen-bond acceptors (Lipinski definition) is 3. The van der Waals surface area contributed by atoms with Crippen LogP contribution in [0.1, 0.15) is 0 Å². The van der Waals surface area contributed by atoms with Crippen LogP contribution in [0.5, 0.6) is 0 Å². The molecule has 0 aliphatic heterocycles. The number of carbonyl (C=O) groups is 1. The highest BCUT2D eigenvalue weighted by atomic mass is 79.9. The molecule has 0 atom stereocenters. The van der Waals surface area contributed by atoms with Gasteiger partial charge in [0.05, 0.1) is 10.8 Å². The first-order chi connectivity index (χ1) is 8.58. The Bertz CT molecular complexity index is 588. The molecule has 0 fully saturated rings. The lowest BCUT2D eigenvalue weighted by atomic mass is 10.3. The quantitative estimate of drug-likeness (QED) is 0.861. The molecule has 7 heteroatoms. The Morgan fingerprint density at radius 3 is 3.00 bits per heavy atom. The van der Waals surface area contributed by atoms with Crippen molar-refractivity contribution >= 4 is 45.3 Å². The van der Waals surface area contributed by atoms with Crippen LogP contribution < -0.4 is 0 Å². The van der Waals surface area contributed by atoms with Gasteiger partial charge in [0.2, 0.25) is 0 Å². The lowest BCUT2D eigenvalue weighted by Gasteiger charge is -2.07. The fourth-order valence-electron chi connectivity index (χ4n) is 1.35. The van der Waals surface area contributed by atoms with Gasteiger partial charge in [-0.2, -0.15) is 0 Å². The third-order valence-corrected chi connectivity index (χ3v) is 4.28. The number of carboxylic acid groups (broad SMARTS) is 1. The van der Waals surface area contributed by atoms with Gasteiger partial charge in [-0.25, -0.2) is 4.98 Å². The lowest BCUT2D eigenvalue weighted by Crippen LogP contribution is -2.01. The number of carboxylic acids is 1. The summed E-state index contributed by atoms with van der Waals surface area (Å²) < 4.78 is 2.60. The largest absolute Gasteiger partial charge is 0.481 e. The normalized spacial score (nSPS) is 10.6. The summed E-state index contributed by atoms with van der Waals surface area (Å²) in [4.78, 5) is 14.7. The average Bonchev–Trinajstić information content (AvgIpc) is 2.78. The highest BCUT2D eigenvalue weighted by molar-refractivity contribution is 9.10. The van der Waals surface area contributed by atoms with Crippen molar-refractivity contribution in [1.29, 1.82) is 0 Å². The summed E-state index contributed by atoms with van der Waals surface area (Å²) in [5, 5.41) is 9.93. The standard InChI is InChI=1S/C11H8BrClN2O2S/c12-8-5-7(1-2-9(8)13)15-4-3-14-11(15)18-6-10(16)17/h1-5H,6H2,(H,16,17). The fraction of sp³-hybridized carbons (Fsp3) is 0.0909. The molecule has 0 amide bonds. The zero-order chi connectivity index (χ0) is 13.1. The number of halogens is 2. The smallest absolute Gasteiger partial charge is 0.313 e. The highest BCUT2D eigenvalue weighted by Gasteiger charge is 2.09. The minimum absolute atomic E-state index is 0.0221. The molecule has 0 aliphatic carbocycles. The van der Waals surface area contributed by atoms with E-state index in [1.165, 1.54) is 11.8 Å². The molecule has 2 rings (SSSR count). The Hall–Kier alpha value is -0.980. The maximum Gasteiger partial charge on any atom is 0.313 e. The fourth-order valence-corrected chi connectivity index (χ4v) is 2.53. The number of imidazole rings is 1. The number of benzene rings is 1. The SMILES string of the molecule is O=C(O)CSc1nccn1-c1ccc(Cl)c(Br)c1. The topological polar surface area (TPSA) is 55.1 Å². The molecule has 0 saturated heterocycles. The van der Waals surface area contributed by atoms with E-state index in [0.717, 1.165) is 10.2 Å². The molecule has 94 valence electrons. The van der Waals surface area contributed by atoms with Crippen LogP contribution in [-0.4, -0.2) is 26.4 Å². The van der Waals surface area contributed by atoms with Gasteiger partial charge in [-0.15, -0.1) is 0 Å². The van der Waals surface area contributed by atoms with Crippen molar-refractivity contribution in [3.05, 3.63) is 40.1 Å². The van der Waals surface area contributed by atoms with Gasteiger partial charge in [-0.3, -0.25) is 9.36 Å². The van der Waals surface area contributed by atoms with E-state index in [2.05, 4.69) is 20.9 Å². The lowest BCUT2D eigenvalue weighted by molar-refractivity contribution is -0.133. The van der Waals surface area contributed by atoms with Crippen molar-refractivity contribution < 1.29 is 9.90 Å². The Labute approximate surface area is 121 Å². The van der Waals surface area contributed by atoms with Gasteiger partial charge >= 0.3 is 5.97 Å². The summed E-state index contributed by atoms with van der Waals surface area (Å²) >= 11 is 10.5. The van der Waals surface area contributed by atoms with Crippen LogP contribution in [0.15, 0.2) is 40.2 Å². The van der Waals surface area contributed by atoms with E-state index in [1.807, 2.05) is 16.7 Å². The summed E-state index contributed by atoms with van der Waals surface area (Å²) in [6.45, 7) is 0. The predicted molar refractivity (Wildman–Crippen MR) is 74.6 cm³/mol. The third-order valence-electron chi connectivity index (χ3n) is 2.11. The molecule has 1 heterocycles. The molecule has 0 aliphatic rings. The third kappa shape index (κ3) is 3.07. The first-order valence-electron chi connectivity index (χ1n) is 4.91. The molecular formula is C11H8BrClN2O2S. The van der Waals surface area contributed by atoms with E-state index in [9.17, 15) is 4.79 Å². The van der Waals surface area contributed by atoms with Gasteiger partial charge in [-0.05, 0) is 34.1 Å². The Morgan fingerprint density at radius 1 is 1.56 bits per heavy atom. The number of rotatable bonds is 4. The molecule has 1 aromatic carbocycles. The van der Waals surface area contributed by atoms with Crippen molar-refractivity contribution in [1.82, 2.24) is 9.55 Å². The molecule has 1 N–H and O–H groups in total. The zero-order valence-electron chi connectivity index (χ0n) is 9.01. The average molecular weight is 348 g/mol. The molecule has 0 bridgehead atoms. The maximum absolute atomic E-state index is 10.6. The van der Waals surface area contributed by atoms with Crippen LogP contribution in [0.2, 0.25) is 5.02 Å². The van der Waals surface area contributed by atoms with Crippen LogP contribution in [0.3, 0.4) is 0 Å². The second-order valence-electron chi connectivity index (χ2n) is 3.36. The maximum atomic E-state index is 10.6. The zero-order valence-corrected chi connectivity index (χ0v) is 12.2. The van der Waals surface area contributed by atoms with Crippen LogP contribution in [-0.2, 0) is 4.79 Å². The number of aliphatic carboxylic acids is 1. The molecule has 0 saturated carbocycles. The van der Waals surface area contributed by atoms with E-state index in [4.69, 9.17) is 16.7 Å². The summed E-state index contributed by atoms with van der Waals surface area (Å²) in [5.74, 6) is -0.891. The van der Waals surface area contributed by atoms with Crippen molar-refractivity contribution in [2.45, 2.75) is 5.16 Å². The summed E-state index contributed by atoms with van der Waals surface area (Å²) in [5.41, 5.74) is 0.872. The number of aromatic nitrogens is 2. The Balaban J connectivity index is 2.30. The minimum Gasteiger partial charge on any atom is -0.481 e. The Kier molecular flexibility index (Phi) is 4.31. The monoisotopic (exact) mass is 346 g/mol. The first-order valence-corrected chi connectivity index (χ1v) is 7.07. The van der Waals surface area contributed by atoms with Crippen molar-refractivity contribution in [2.24, 2.45) is 0 Å². The highest BCUT2D eigenvalue weighted by Crippen LogP contribution is 2.27. The van der Waals surface area contributed by atoms with Crippen LogP contribution in [0.4, 0.5) is 0 Å². The van der Waals surface area contributed by atoms with E-state index >= 15 is 0 Å². The van der Waals surface area contributed by atoms with Crippen LogP contribution in [0, 0.1) is 0 Å². The van der Waals surface area contributed by atoms with E-state index in [1.54, 1.807) is 18.5 Å². The second kappa shape index (κ2) is 5.77. The van der Waals surface area contributed by atoms with Crippen molar-refractivity contribution in [3.63, 3.8) is 0 Å². The molecule has 0 spiro atoms. The second-order valence-corrected chi connectivity index (χ2v) is 5.56.